The van der Waals surface area contributed by atoms with Gasteiger partial charge in [-0.25, -0.2) is 9.97 Å². The molecule has 2 N–H and O–H groups in total. The molecule has 0 aliphatic heterocycles. The average Bonchev–Trinajstić information content (AvgIpc) is 2.86. The predicted octanol–water partition coefficient (Wildman–Crippen LogP) is 3.59. The topological polar surface area (TPSA) is 51.8 Å². The molecule has 0 aliphatic carbocycles. The molecule has 0 atom stereocenters. The number of hydrogen-bond acceptors (Lipinski definition) is 4. The van der Waals surface area contributed by atoms with Crippen molar-refractivity contribution in [2.75, 3.05) is 5.73 Å². The number of anilines is 1. The van der Waals surface area contributed by atoms with E-state index in [-0.39, 0.29) is 0 Å². The van der Waals surface area contributed by atoms with Gasteiger partial charge in [0, 0.05) is 22.7 Å². The molecule has 0 radical (unpaired) electrons. The summed E-state index contributed by atoms with van der Waals surface area (Å²) in [5.74, 6) is -0.479. The average molecular weight is 271 g/mol. The van der Waals surface area contributed by atoms with Crippen molar-refractivity contribution < 1.29 is 4.39 Å². The van der Waals surface area contributed by atoms with Crippen molar-refractivity contribution in [3.63, 3.8) is 0 Å². The normalized spacial score (nSPS) is 10.6. The summed E-state index contributed by atoms with van der Waals surface area (Å²) in [6, 6.07) is 10.9. The summed E-state index contributed by atoms with van der Waals surface area (Å²) in [6.07, 6.45) is 1.52. The fraction of sp³-hybridized carbons (Fsp3) is 0. The lowest BCUT2D eigenvalue weighted by Crippen LogP contribution is -1.86. The number of aromatic nitrogens is 2. The fourth-order valence-corrected chi connectivity index (χ4v) is 2.40. The number of nitrogen functional groups attached to an aromatic ring is 1. The molecule has 0 bridgehead atoms. The fourth-order valence-electron chi connectivity index (χ4n) is 1.82. The molecule has 0 spiro atoms. The zero-order valence-corrected chi connectivity index (χ0v) is 10.7. The van der Waals surface area contributed by atoms with Crippen LogP contribution >= 0.6 is 11.3 Å². The molecule has 0 amide bonds. The molecule has 0 saturated carbocycles. The third-order valence-corrected chi connectivity index (χ3v) is 3.41. The molecule has 0 saturated heterocycles. The second-order valence-electron chi connectivity index (χ2n) is 4.02. The highest BCUT2D eigenvalue weighted by Gasteiger charge is 2.05. The van der Waals surface area contributed by atoms with Crippen LogP contribution in [0.5, 0.6) is 0 Å². The maximum atomic E-state index is 12.8. The Bertz CT molecular complexity index is 707. The van der Waals surface area contributed by atoms with E-state index < -0.39 is 5.95 Å². The summed E-state index contributed by atoms with van der Waals surface area (Å²) >= 11 is 1.41. The second kappa shape index (κ2) is 4.78. The number of pyridine rings is 1. The first kappa shape index (κ1) is 11.8. The van der Waals surface area contributed by atoms with E-state index in [9.17, 15) is 4.39 Å². The molecule has 2 aromatic heterocycles. The minimum absolute atomic E-state index is 0.479. The summed E-state index contributed by atoms with van der Waals surface area (Å²) in [4.78, 5) is 7.91. The largest absolute Gasteiger partial charge is 0.375 e. The number of hydrogen-bond donors (Lipinski definition) is 1. The summed E-state index contributed by atoms with van der Waals surface area (Å²) in [6.45, 7) is 0. The van der Waals surface area contributed by atoms with Crippen LogP contribution in [0.4, 0.5) is 9.52 Å². The van der Waals surface area contributed by atoms with E-state index >= 15 is 0 Å². The van der Waals surface area contributed by atoms with Gasteiger partial charge in [0.25, 0.3) is 0 Å². The van der Waals surface area contributed by atoms with Crippen molar-refractivity contribution in [1.82, 2.24) is 9.97 Å². The van der Waals surface area contributed by atoms with Crippen LogP contribution in [0.2, 0.25) is 0 Å². The van der Waals surface area contributed by atoms with E-state index in [1.165, 1.54) is 23.6 Å². The molecule has 0 fully saturated rings. The Morgan fingerprint density at radius 2 is 1.89 bits per heavy atom. The zero-order valence-electron chi connectivity index (χ0n) is 9.88. The Hall–Kier alpha value is -2.27. The van der Waals surface area contributed by atoms with Crippen LogP contribution in [0.15, 0.2) is 48.0 Å². The highest BCUT2D eigenvalue weighted by molar-refractivity contribution is 7.13. The lowest BCUT2D eigenvalue weighted by Gasteiger charge is -2.03. The highest BCUT2D eigenvalue weighted by atomic mass is 32.1. The third-order valence-electron chi connectivity index (χ3n) is 2.74. The third kappa shape index (κ3) is 2.46. The summed E-state index contributed by atoms with van der Waals surface area (Å²) < 4.78 is 12.8. The van der Waals surface area contributed by atoms with Gasteiger partial charge in [0.15, 0.2) is 5.13 Å². The van der Waals surface area contributed by atoms with Gasteiger partial charge in [-0.15, -0.1) is 11.3 Å². The van der Waals surface area contributed by atoms with E-state index in [4.69, 9.17) is 5.73 Å². The first-order valence-corrected chi connectivity index (χ1v) is 6.54. The van der Waals surface area contributed by atoms with Gasteiger partial charge in [-0.2, -0.15) is 4.39 Å². The van der Waals surface area contributed by atoms with Gasteiger partial charge in [0.05, 0.1) is 5.69 Å². The van der Waals surface area contributed by atoms with Gasteiger partial charge in [-0.1, -0.05) is 18.2 Å². The van der Waals surface area contributed by atoms with Gasteiger partial charge in [-0.3, -0.25) is 0 Å². The second-order valence-corrected chi connectivity index (χ2v) is 4.91. The molecule has 3 rings (SSSR count). The molecule has 1 aromatic carbocycles. The van der Waals surface area contributed by atoms with Crippen LogP contribution in [0.25, 0.3) is 22.4 Å². The van der Waals surface area contributed by atoms with Crippen molar-refractivity contribution in [3.05, 3.63) is 53.9 Å². The molecule has 5 heteroatoms. The summed E-state index contributed by atoms with van der Waals surface area (Å²) in [5, 5.41) is 2.46. The number of thiazole rings is 1. The first-order chi connectivity index (χ1) is 9.22. The Morgan fingerprint density at radius 3 is 2.58 bits per heavy atom. The highest BCUT2D eigenvalue weighted by Crippen LogP contribution is 2.27. The maximum absolute atomic E-state index is 12.8. The Labute approximate surface area is 113 Å². The van der Waals surface area contributed by atoms with Crippen LogP contribution < -0.4 is 5.73 Å². The van der Waals surface area contributed by atoms with Crippen molar-refractivity contribution in [2.45, 2.75) is 0 Å². The molecule has 3 nitrogen and oxygen atoms in total. The van der Waals surface area contributed by atoms with Crippen molar-refractivity contribution in [2.24, 2.45) is 0 Å². The van der Waals surface area contributed by atoms with Crippen LogP contribution in [-0.2, 0) is 0 Å². The smallest absolute Gasteiger partial charge is 0.212 e. The van der Waals surface area contributed by atoms with Gasteiger partial charge in [0.1, 0.15) is 0 Å². The van der Waals surface area contributed by atoms with Crippen LogP contribution in [0, 0.1) is 5.95 Å². The quantitative estimate of drug-likeness (QED) is 0.725. The number of rotatable bonds is 2. The van der Waals surface area contributed by atoms with E-state index in [1.807, 2.05) is 29.6 Å². The number of benzene rings is 1. The minimum Gasteiger partial charge on any atom is -0.375 e. The van der Waals surface area contributed by atoms with Gasteiger partial charge >= 0.3 is 0 Å². The predicted molar refractivity (Wildman–Crippen MR) is 75.2 cm³/mol. The SMILES string of the molecule is Nc1nc(-c2cccc(-c3ccc(F)nc3)c2)cs1. The van der Waals surface area contributed by atoms with Crippen LogP contribution in [0.3, 0.4) is 0 Å². The standard InChI is InChI=1S/C14H10FN3S/c15-13-5-4-11(7-17-13)9-2-1-3-10(6-9)12-8-19-14(16)18-12/h1-8H,(H2,16,18). The van der Waals surface area contributed by atoms with Crippen LogP contribution in [-0.4, -0.2) is 9.97 Å². The molecule has 0 unspecified atom stereocenters. The van der Waals surface area contributed by atoms with E-state index in [0.29, 0.717) is 5.13 Å². The Balaban J connectivity index is 2.02. The summed E-state index contributed by atoms with van der Waals surface area (Å²) in [7, 11) is 0. The lowest BCUT2D eigenvalue weighted by molar-refractivity contribution is 0.584. The molecule has 3 aromatic rings. The van der Waals surface area contributed by atoms with Crippen molar-refractivity contribution >= 4 is 16.5 Å². The van der Waals surface area contributed by atoms with Gasteiger partial charge in [0.2, 0.25) is 5.95 Å². The van der Waals surface area contributed by atoms with E-state index in [1.54, 1.807) is 6.07 Å². The summed E-state index contributed by atoms with van der Waals surface area (Å²) in [5.41, 5.74) is 9.30. The van der Waals surface area contributed by atoms with E-state index in [2.05, 4.69) is 9.97 Å². The Morgan fingerprint density at radius 1 is 1.05 bits per heavy atom. The monoisotopic (exact) mass is 271 g/mol. The number of nitrogens with two attached hydrogens (primary N) is 1. The minimum atomic E-state index is -0.479. The lowest BCUT2D eigenvalue weighted by atomic mass is 10.0. The number of halogens is 1. The zero-order chi connectivity index (χ0) is 13.2. The maximum Gasteiger partial charge on any atom is 0.212 e. The molecule has 19 heavy (non-hydrogen) atoms. The Kier molecular flexibility index (Phi) is 2.97. The molecular formula is C14H10FN3S. The van der Waals surface area contributed by atoms with Crippen molar-refractivity contribution in [1.29, 1.82) is 0 Å². The van der Waals surface area contributed by atoms with Gasteiger partial charge in [-0.05, 0) is 23.8 Å². The van der Waals surface area contributed by atoms with Crippen LogP contribution in [0.1, 0.15) is 0 Å². The molecular weight excluding hydrogens is 261 g/mol. The van der Waals surface area contributed by atoms with Gasteiger partial charge < -0.3 is 5.73 Å². The molecule has 2 heterocycles. The first-order valence-electron chi connectivity index (χ1n) is 5.66. The number of nitrogens with zero attached hydrogens (tertiary/aromatic N) is 2. The van der Waals surface area contributed by atoms with Crippen molar-refractivity contribution in [3.8, 4) is 22.4 Å². The van der Waals surface area contributed by atoms with E-state index in [0.717, 1.165) is 22.4 Å². The molecule has 0 aliphatic rings. The molecule has 94 valence electrons.